The molecule has 1 heterocycles. The Hall–Kier alpha value is -2.61. The summed E-state index contributed by atoms with van der Waals surface area (Å²) < 4.78 is 2.05. The summed E-state index contributed by atoms with van der Waals surface area (Å²) in [7, 11) is 0. The van der Waals surface area contributed by atoms with Crippen molar-refractivity contribution in [3.63, 3.8) is 0 Å². The molecule has 1 aromatic heterocycles. The molecule has 146 valence electrons. The van der Waals surface area contributed by atoms with E-state index in [0.29, 0.717) is 5.92 Å². The minimum Gasteiger partial charge on any atom is -0.270 e. The molecule has 0 bridgehead atoms. The van der Waals surface area contributed by atoms with Gasteiger partial charge in [0.15, 0.2) is 6.61 Å². The van der Waals surface area contributed by atoms with Crippen LogP contribution in [0.25, 0.3) is 22.5 Å². The van der Waals surface area contributed by atoms with Gasteiger partial charge in [-0.25, -0.2) is 0 Å². The van der Waals surface area contributed by atoms with Crippen molar-refractivity contribution in [3.8, 4) is 22.5 Å². The normalized spacial score (nSPS) is 12.0. The van der Waals surface area contributed by atoms with Gasteiger partial charge in [0, 0.05) is 16.9 Å². The van der Waals surface area contributed by atoms with Crippen molar-refractivity contribution < 1.29 is 9.57 Å². The van der Waals surface area contributed by atoms with Crippen LogP contribution in [-0.2, 0) is 0 Å². The fraction of sp³-hybridized carbons (Fsp3) is 0.346. The second-order valence-corrected chi connectivity index (χ2v) is 7.54. The number of aromatic nitrogens is 1. The number of hydrogen-bond donors (Lipinski definition) is 0. The molecule has 0 aliphatic carbocycles. The minimum atomic E-state index is 0.584. The average molecular weight is 375 g/mol. The molecule has 2 heteroatoms. The van der Waals surface area contributed by atoms with E-state index in [1.54, 1.807) is 0 Å². The fourth-order valence-electron chi connectivity index (χ4n) is 3.56. The van der Waals surface area contributed by atoms with Crippen LogP contribution in [0.3, 0.4) is 0 Å². The standard InChI is InChI=1S/C26H32NO/c1-4-6-13-22(5-2)20-28-27-25(23-14-9-7-10-15-23)18-21(3)19-26(27)24-16-11-8-12-17-24/h7-12,14-19,22H,4-6,13,20H2,1-3H3/q+1. The van der Waals surface area contributed by atoms with Crippen LogP contribution in [0.5, 0.6) is 0 Å². The van der Waals surface area contributed by atoms with E-state index in [0.717, 1.165) is 24.4 Å². The lowest BCUT2D eigenvalue weighted by atomic mass is 10.0. The first-order valence-corrected chi connectivity index (χ1v) is 10.5. The number of nitrogens with zero attached hydrogens (tertiary/aromatic N) is 1. The molecule has 0 amide bonds. The van der Waals surface area contributed by atoms with Gasteiger partial charge in [0.2, 0.25) is 0 Å². The fourth-order valence-corrected chi connectivity index (χ4v) is 3.56. The van der Waals surface area contributed by atoms with Crippen molar-refractivity contribution in [2.45, 2.75) is 46.5 Å². The molecule has 28 heavy (non-hydrogen) atoms. The van der Waals surface area contributed by atoms with E-state index in [-0.39, 0.29) is 0 Å². The Morgan fingerprint density at radius 2 is 1.36 bits per heavy atom. The molecular weight excluding hydrogens is 342 g/mol. The van der Waals surface area contributed by atoms with E-state index in [1.807, 2.05) is 4.73 Å². The van der Waals surface area contributed by atoms with Gasteiger partial charge in [-0.1, -0.05) is 63.1 Å². The maximum atomic E-state index is 6.50. The predicted molar refractivity (Wildman–Crippen MR) is 117 cm³/mol. The molecule has 0 saturated carbocycles. The molecule has 3 aromatic rings. The first kappa shape index (κ1) is 20.1. The van der Waals surface area contributed by atoms with Crippen LogP contribution in [0.4, 0.5) is 0 Å². The molecule has 3 rings (SSSR count). The maximum Gasteiger partial charge on any atom is 0.265 e. The maximum absolute atomic E-state index is 6.50. The third-order valence-corrected chi connectivity index (χ3v) is 5.29. The lowest BCUT2D eigenvalue weighted by Gasteiger charge is -2.14. The van der Waals surface area contributed by atoms with Crippen LogP contribution in [0.1, 0.15) is 45.1 Å². The van der Waals surface area contributed by atoms with Gasteiger partial charge in [0.1, 0.15) is 0 Å². The lowest BCUT2D eigenvalue weighted by molar-refractivity contribution is -0.875. The number of benzene rings is 2. The molecule has 1 unspecified atom stereocenters. The second kappa shape index (κ2) is 10.1. The zero-order valence-corrected chi connectivity index (χ0v) is 17.4. The topological polar surface area (TPSA) is 13.1 Å². The highest BCUT2D eigenvalue weighted by atomic mass is 16.7. The number of unbranched alkanes of at least 4 members (excludes halogenated alkanes) is 1. The summed E-state index contributed by atoms with van der Waals surface area (Å²) in [4.78, 5) is 6.50. The van der Waals surface area contributed by atoms with Crippen molar-refractivity contribution in [1.82, 2.24) is 0 Å². The Kier molecular flexibility index (Phi) is 7.25. The second-order valence-electron chi connectivity index (χ2n) is 7.54. The van der Waals surface area contributed by atoms with Crippen molar-refractivity contribution in [3.05, 3.63) is 78.4 Å². The molecular formula is C26H32NO+. The van der Waals surface area contributed by atoms with Gasteiger partial charge in [0.05, 0.1) is 11.1 Å². The Morgan fingerprint density at radius 3 is 1.82 bits per heavy atom. The predicted octanol–water partition coefficient (Wildman–Crippen LogP) is 6.26. The monoisotopic (exact) mass is 374 g/mol. The molecule has 0 aliphatic rings. The zero-order chi connectivity index (χ0) is 19.8. The van der Waals surface area contributed by atoms with Gasteiger partial charge < -0.3 is 0 Å². The zero-order valence-electron chi connectivity index (χ0n) is 17.4. The summed E-state index contributed by atoms with van der Waals surface area (Å²) in [6.45, 7) is 7.41. The van der Waals surface area contributed by atoms with Crippen molar-refractivity contribution in [1.29, 1.82) is 0 Å². The Balaban J connectivity index is 2.03. The third kappa shape index (κ3) is 5.01. The van der Waals surface area contributed by atoms with Gasteiger partial charge >= 0.3 is 0 Å². The van der Waals surface area contributed by atoms with Crippen molar-refractivity contribution in [2.24, 2.45) is 5.92 Å². The molecule has 2 aromatic carbocycles. The Morgan fingerprint density at radius 1 is 0.821 bits per heavy atom. The number of hydrogen-bond acceptors (Lipinski definition) is 1. The highest BCUT2D eigenvalue weighted by molar-refractivity contribution is 5.62. The molecule has 0 aliphatic heterocycles. The SMILES string of the molecule is CCCCC(CC)CO[n+]1c(-c2ccccc2)cc(C)cc1-c1ccccc1. The van der Waals surface area contributed by atoms with E-state index in [1.165, 1.54) is 36.0 Å². The van der Waals surface area contributed by atoms with Crippen LogP contribution in [0.2, 0.25) is 0 Å². The number of pyridine rings is 1. The summed E-state index contributed by atoms with van der Waals surface area (Å²) in [5.41, 5.74) is 5.78. The summed E-state index contributed by atoms with van der Waals surface area (Å²) in [5.74, 6) is 0.584. The first-order chi connectivity index (χ1) is 13.7. The van der Waals surface area contributed by atoms with E-state index < -0.39 is 0 Å². The average Bonchev–Trinajstić information content (AvgIpc) is 2.75. The minimum absolute atomic E-state index is 0.584. The highest BCUT2D eigenvalue weighted by Gasteiger charge is 2.24. The van der Waals surface area contributed by atoms with Gasteiger partial charge in [0.25, 0.3) is 11.4 Å². The van der Waals surface area contributed by atoms with Crippen LogP contribution >= 0.6 is 0 Å². The number of rotatable bonds is 9. The van der Waals surface area contributed by atoms with E-state index in [2.05, 4.69) is 93.6 Å². The van der Waals surface area contributed by atoms with Gasteiger partial charge in [-0.2, -0.15) is 0 Å². The van der Waals surface area contributed by atoms with Gasteiger partial charge in [-0.3, -0.25) is 4.84 Å². The van der Waals surface area contributed by atoms with Gasteiger partial charge in [-0.05, 0) is 55.5 Å². The molecule has 0 radical (unpaired) electrons. The molecule has 0 N–H and O–H groups in total. The van der Waals surface area contributed by atoms with Crippen LogP contribution in [-0.4, -0.2) is 6.61 Å². The molecule has 2 nitrogen and oxygen atoms in total. The van der Waals surface area contributed by atoms with Crippen molar-refractivity contribution >= 4 is 0 Å². The molecule has 0 spiro atoms. The van der Waals surface area contributed by atoms with Crippen LogP contribution in [0.15, 0.2) is 72.8 Å². The van der Waals surface area contributed by atoms with Crippen LogP contribution in [0, 0.1) is 12.8 Å². The summed E-state index contributed by atoms with van der Waals surface area (Å²) in [5, 5.41) is 0. The van der Waals surface area contributed by atoms with E-state index in [4.69, 9.17) is 4.84 Å². The summed E-state index contributed by atoms with van der Waals surface area (Å²) in [6.07, 6.45) is 4.87. The smallest absolute Gasteiger partial charge is 0.265 e. The Bertz CT molecular complexity index is 798. The molecule has 0 saturated heterocycles. The summed E-state index contributed by atoms with van der Waals surface area (Å²) in [6, 6.07) is 25.5. The van der Waals surface area contributed by atoms with Crippen molar-refractivity contribution in [2.75, 3.05) is 6.61 Å². The van der Waals surface area contributed by atoms with Crippen LogP contribution < -0.4 is 9.57 Å². The quantitative estimate of drug-likeness (QED) is 0.403. The van der Waals surface area contributed by atoms with Gasteiger partial charge in [-0.15, -0.1) is 0 Å². The third-order valence-electron chi connectivity index (χ3n) is 5.29. The molecule has 0 fully saturated rings. The summed E-state index contributed by atoms with van der Waals surface area (Å²) >= 11 is 0. The largest absolute Gasteiger partial charge is 0.270 e. The van der Waals surface area contributed by atoms with E-state index in [9.17, 15) is 0 Å². The number of aryl methyl sites for hydroxylation is 1. The Labute approximate surface area is 169 Å². The highest BCUT2D eigenvalue weighted by Crippen LogP contribution is 2.23. The first-order valence-electron chi connectivity index (χ1n) is 10.5. The molecule has 1 atom stereocenters. The van der Waals surface area contributed by atoms with E-state index >= 15 is 0 Å². The lowest BCUT2D eigenvalue weighted by Crippen LogP contribution is -2.48.